The predicted octanol–water partition coefficient (Wildman–Crippen LogP) is 3.20. The molecule has 0 aliphatic rings. The lowest BCUT2D eigenvalue weighted by molar-refractivity contribution is 0.350. The molecule has 2 aromatic rings. The van der Waals surface area contributed by atoms with Crippen LogP contribution in [0.1, 0.15) is 16.9 Å². The lowest BCUT2D eigenvalue weighted by atomic mass is 10.1. The van der Waals surface area contributed by atoms with Gasteiger partial charge in [-0.1, -0.05) is 17.9 Å². The van der Waals surface area contributed by atoms with Crippen molar-refractivity contribution in [2.45, 2.75) is 11.5 Å². The standard InChI is InChI=1S/C15H13FO2S/c16-15-9-12(3-1-7-17)5-6-13(15)10-19-11-14-4-2-8-18-14/h2,4-6,8-9,17H,7,10-11H2. The molecule has 1 aromatic heterocycles. The van der Waals surface area contributed by atoms with Crippen LogP contribution < -0.4 is 0 Å². The summed E-state index contributed by atoms with van der Waals surface area (Å²) in [6, 6.07) is 8.62. The summed E-state index contributed by atoms with van der Waals surface area (Å²) >= 11 is 1.59. The quantitative estimate of drug-likeness (QED) is 0.871. The van der Waals surface area contributed by atoms with E-state index in [4.69, 9.17) is 9.52 Å². The summed E-state index contributed by atoms with van der Waals surface area (Å²) in [7, 11) is 0. The third kappa shape index (κ3) is 4.16. The highest BCUT2D eigenvalue weighted by molar-refractivity contribution is 7.97. The molecule has 0 fully saturated rings. The minimum Gasteiger partial charge on any atom is -0.468 e. The van der Waals surface area contributed by atoms with Crippen LogP contribution in [0.2, 0.25) is 0 Å². The molecule has 0 amide bonds. The van der Waals surface area contributed by atoms with E-state index in [-0.39, 0.29) is 12.4 Å². The number of hydrogen-bond donors (Lipinski definition) is 1. The van der Waals surface area contributed by atoms with E-state index in [1.54, 1.807) is 30.2 Å². The van der Waals surface area contributed by atoms with Gasteiger partial charge < -0.3 is 9.52 Å². The minimum absolute atomic E-state index is 0.220. The van der Waals surface area contributed by atoms with Gasteiger partial charge in [0.1, 0.15) is 18.2 Å². The van der Waals surface area contributed by atoms with Crippen LogP contribution in [0.15, 0.2) is 41.0 Å². The second-order valence-electron chi connectivity index (χ2n) is 3.84. The van der Waals surface area contributed by atoms with Crippen molar-refractivity contribution in [2.24, 2.45) is 0 Å². The number of thioether (sulfide) groups is 1. The molecular weight excluding hydrogens is 263 g/mol. The SMILES string of the molecule is OCC#Cc1ccc(CSCc2ccco2)c(F)c1. The summed E-state index contributed by atoms with van der Waals surface area (Å²) in [5.74, 6) is 7.10. The van der Waals surface area contributed by atoms with E-state index in [1.807, 2.05) is 12.1 Å². The smallest absolute Gasteiger partial charge is 0.128 e. The van der Waals surface area contributed by atoms with Crippen molar-refractivity contribution in [3.8, 4) is 11.8 Å². The van der Waals surface area contributed by atoms with Crippen molar-refractivity contribution in [2.75, 3.05) is 6.61 Å². The molecule has 0 aliphatic heterocycles. The molecule has 0 saturated carbocycles. The summed E-state index contributed by atoms with van der Waals surface area (Å²) in [6.45, 7) is -0.220. The van der Waals surface area contributed by atoms with Gasteiger partial charge in [0.2, 0.25) is 0 Å². The molecule has 0 spiro atoms. The first-order valence-corrected chi connectivity index (χ1v) is 6.93. The highest BCUT2D eigenvalue weighted by atomic mass is 32.2. The average molecular weight is 276 g/mol. The van der Waals surface area contributed by atoms with Crippen LogP contribution >= 0.6 is 11.8 Å². The average Bonchev–Trinajstić information content (AvgIpc) is 2.92. The van der Waals surface area contributed by atoms with Gasteiger partial charge in [-0.05, 0) is 29.8 Å². The van der Waals surface area contributed by atoms with Crippen LogP contribution in [0.4, 0.5) is 4.39 Å². The lowest BCUT2D eigenvalue weighted by Gasteiger charge is -2.03. The van der Waals surface area contributed by atoms with E-state index in [0.29, 0.717) is 16.9 Å². The molecule has 0 unspecified atom stereocenters. The molecule has 0 bridgehead atoms. The molecule has 2 nitrogen and oxygen atoms in total. The second kappa shape index (κ2) is 7.03. The normalized spacial score (nSPS) is 10.0. The van der Waals surface area contributed by atoms with E-state index in [0.717, 1.165) is 11.5 Å². The maximum absolute atomic E-state index is 13.8. The van der Waals surface area contributed by atoms with E-state index in [9.17, 15) is 4.39 Å². The maximum atomic E-state index is 13.8. The monoisotopic (exact) mass is 276 g/mol. The topological polar surface area (TPSA) is 33.4 Å². The Morgan fingerprint density at radius 3 is 2.84 bits per heavy atom. The summed E-state index contributed by atoms with van der Waals surface area (Å²) in [5, 5.41) is 8.58. The Morgan fingerprint density at radius 1 is 1.26 bits per heavy atom. The van der Waals surface area contributed by atoms with Gasteiger partial charge in [-0.3, -0.25) is 0 Å². The highest BCUT2D eigenvalue weighted by Gasteiger charge is 2.04. The zero-order valence-corrected chi connectivity index (χ0v) is 11.0. The maximum Gasteiger partial charge on any atom is 0.128 e. The van der Waals surface area contributed by atoms with E-state index in [2.05, 4.69) is 11.8 Å². The van der Waals surface area contributed by atoms with Crippen LogP contribution in [0.3, 0.4) is 0 Å². The second-order valence-corrected chi connectivity index (χ2v) is 4.82. The zero-order chi connectivity index (χ0) is 13.5. The number of benzene rings is 1. The number of aliphatic hydroxyl groups excluding tert-OH is 1. The fraction of sp³-hybridized carbons (Fsp3) is 0.200. The fourth-order valence-corrected chi connectivity index (χ4v) is 2.46. The van der Waals surface area contributed by atoms with Gasteiger partial charge in [-0.25, -0.2) is 4.39 Å². The molecule has 1 heterocycles. The van der Waals surface area contributed by atoms with Crippen LogP contribution in [0.5, 0.6) is 0 Å². The van der Waals surface area contributed by atoms with Crippen molar-refractivity contribution in [3.63, 3.8) is 0 Å². The van der Waals surface area contributed by atoms with Crippen molar-refractivity contribution >= 4 is 11.8 Å². The molecule has 0 aliphatic carbocycles. The van der Waals surface area contributed by atoms with Crippen LogP contribution in [-0.2, 0) is 11.5 Å². The largest absolute Gasteiger partial charge is 0.468 e. The number of aliphatic hydroxyl groups is 1. The summed E-state index contributed by atoms with van der Waals surface area (Å²) in [4.78, 5) is 0. The van der Waals surface area contributed by atoms with Gasteiger partial charge in [0.25, 0.3) is 0 Å². The van der Waals surface area contributed by atoms with Crippen molar-refractivity contribution in [1.29, 1.82) is 0 Å². The molecule has 1 aromatic carbocycles. The van der Waals surface area contributed by atoms with E-state index in [1.165, 1.54) is 6.07 Å². The van der Waals surface area contributed by atoms with Gasteiger partial charge in [-0.2, -0.15) is 0 Å². The molecule has 0 radical (unpaired) electrons. The molecular formula is C15H13FO2S. The van der Waals surface area contributed by atoms with Crippen LogP contribution in [-0.4, -0.2) is 11.7 Å². The first-order valence-electron chi connectivity index (χ1n) is 5.78. The van der Waals surface area contributed by atoms with Crippen molar-refractivity contribution < 1.29 is 13.9 Å². The molecule has 19 heavy (non-hydrogen) atoms. The Balaban J connectivity index is 1.93. The summed E-state index contributed by atoms with van der Waals surface area (Å²) in [6.07, 6.45) is 1.63. The van der Waals surface area contributed by atoms with Gasteiger partial charge in [0.05, 0.1) is 12.0 Å². The van der Waals surface area contributed by atoms with Gasteiger partial charge in [0.15, 0.2) is 0 Å². The number of hydrogen-bond acceptors (Lipinski definition) is 3. The third-order valence-electron chi connectivity index (χ3n) is 2.45. The minimum atomic E-state index is -0.267. The molecule has 4 heteroatoms. The molecule has 2 rings (SSSR count). The fourth-order valence-electron chi connectivity index (χ4n) is 1.54. The predicted molar refractivity (Wildman–Crippen MR) is 74.1 cm³/mol. The van der Waals surface area contributed by atoms with Gasteiger partial charge >= 0.3 is 0 Å². The highest BCUT2D eigenvalue weighted by Crippen LogP contribution is 2.20. The van der Waals surface area contributed by atoms with Crippen molar-refractivity contribution in [1.82, 2.24) is 0 Å². The van der Waals surface area contributed by atoms with Gasteiger partial charge in [0, 0.05) is 11.3 Å². The summed E-state index contributed by atoms with van der Waals surface area (Å²) in [5.41, 5.74) is 1.22. The summed E-state index contributed by atoms with van der Waals surface area (Å²) < 4.78 is 19.0. The van der Waals surface area contributed by atoms with Crippen LogP contribution in [0, 0.1) is 17.7 Å². The number of furan rings is 1. The Bertz CT molecular complexity index is 582. The van der Waals surface area contributed by atoms with Gasteiger partial charge in [-0.15, -0.1) is 11.8 Å². The van der Waals surface area contributed by atoms with Crippen LogP contribution in [0.25, 0.3) is 0 Å². The Morgan fingerprint density at radius 2 is 2.16 bits per heavy atom. The molecule has 1 N–H and O–H groups in total. The van der Waals surface area contributed by atoms with E-state index >= 15 is 0 Å². The lowest BCUT2D eigenvalue weighted by Crippen LogP contribution is -1.90. The third-order valence-corrected chi connectivity index (χ3v) is 3.45. The zero-order valence-electron chi connectivity index (χ0n) is 10.2. The van der Waals surface area contributed by atoms with E-state index < -0.39 is 0 Å². The Kier molecular flexibility index (Phi) is 5.08. The Hall–Kier alpha value is -1.70. The first-order chi connectivity index (χ1) is 9.29. The first kappa shape index (κ1) is 13.7. The van der Waals surface area contributed by atoms with Crippen molar-refractivity contribution in [3.05, 3.63) is 59.3 Å². The number of halogens is 1. The molecule has 98 valence electrons. The Labute approximate surface area is 115 Å². The molecule has 0 atom stereocenters. The number of rotatable bonds is 4. The molecule has 0 saturated heterocycles.